The Balaban J connectivity index is 1.55. The minimum absolute atomic E-state index is 0.787. The van der Waals surface area contributed by atoms with Gasteiger partial charge < -0.3 is 10.1 Å². The van der Waals surface area contributed by atoms with Gasteiger partial charge in [0.2, 0.25) is 0 Å². The molecular weight excluding hydrogens is 212 g/mol. The van der Waals surface area contributed by atoms with E-state index in [0.29, 0.717) is 0 Å². The molecule has 1 aliphatic heterocycles. The van der Waals surface area contributed by atoms with Gasteiger partial charge in [0.15, 0.2) is 0 Å². The molecule has 1 heterocycles. The summed E-state index contributed by atoms with van der Waals surface area (Å²) in [5.41, 5.74) is 0. The van der Waals surface area contributed by atoms with E-state index in [4.69, 9.17) is 4.74 Å². The highest BCUT2D eigenvalue weighted by molar-refractivity contribution is 4.75. The van der Waals surface area contributed by atoms with Gasteiger partial charge in [0.1, 0.15) is 0 Å². The molecule has 3 nitrogen and oxygen atoms in total. The lowest BCUT2D eigenvalue weighted by Crippen LogP contribution is -2.39. The third kappa shape index (κ3) is 4.94. The first-order chi connectivity index (χ1) is 8.34. The molecule has 100 valence electrons. The van der Waals surface area contributed by atoms with E-state index >= 15 is 0 Å². The zero-order valence-corrected chi connectivity index (χ0v) is 11.3. The predicted molar refractivity (Wildman–Crippen MR) is 71.3 cm³/mol. The predicted octanol–water partition coefficient (Wildman–Crippen LogP) is 1.88. The molecule has 0 radical (unpaired) electrons. The number of nitrogens with one attached hydrogen (secondary N) is 1. The summed E-state index contributed by atoms with van der Waals surface area (Å²) in [6, 6.07) is 0.787. The van der Waals surface area contributed by atoms with E-state index in [0.717, 1.165) is 38.3 Å². The van der Waals surface area contributed by atoms with Crippen molar-refractivity contribution in [2.75, 3.05) is 39.4 Å². The third-order valence-electron chi connectivity index (χ3n) is 4.19. The largest absolute Gasteiger partial charge is 0.380 e. The van der Waals surface area contributed by atoms with E-state index in [9.17, 15) is 0 Å². The van der Waals surface area contributed by atoms with Crippen molar-refractivity contribution in [1.82, 2.24) is 10.2 Å². The van der Waals surface area contributed by atoms with Gasteiger partial charge in [-0.2, -0.15) is 0 Å². The topological polar surface area (TPSA) is 24.5 Å². The fourth-order valence-corrected chi connectivity index (χ4v) is 2.91. The SMILES string of the molecule is CC1CCC(NCCN2CCCOCC2)CC1. The van der Waals surface area contributed by atoms with Gasteiger partial charge in [-0.05, 0) is 38.0 Å². The van der Waals surface area contributed by atoms with Crippen molar-refractivity contribution in [3.63, 3.8) is 0 Å². The van der Waals surface area contributed by atoms with Crippen LogP contribution in [0.25, 0.3) is 0 Å². The Labute approximate surface area is 106 Å². The van der Waals surface area contributed by atoms with E-state index < -0.39 is 0 Å². The summed E-state index contributed by atoms with van der Waals surface area (Å²) in [6.45, 7) is 8.92. The molecule has 1 N–H and O–H groups in total. The normalized spacial score (nSPS) is 32.3. The van der Waals surface area contributed by atoms with Gasteiger partial charge in [-0.15, -0.1) is 0 Å². The molecule has 0 unspecified atom stereocenters. The molecule has 2 fully saturated rings. The van der Waals surface area contributed by atoms with Crippen LogP contribution in [0.5, 0.6) is 0 Å². The van der Waals surface area contributed by atoms with Crippen LogP contribution >= 0.6 is 0 Å². The van der Waals surface area contributed by atoms with Crippen LogP contribution in [0.1, 0.15) is 39.0 Å². The highest BCUT2D eigenvalue weighted by atomic mass is 16.5. The maximum absolute atomic E-state index is 5.47. The van der Waals surface area contributed by atoms with E-state index in [2.05, 4.69) is 17.1 Å². The molecule has 2 aliphatic rings. The zero-order chi connectivity index (χ0) is 11.9. The van der Waals surface area contributed by atoms with Gasteiger partial charge in [-0.3, -0.25) is 4.90 Å². The minimum atomic E-state index is 0.787. The van der Waals surface area contributed by atoms with Crippen LogP contribution < -0.4 is 5.32 Å². The van der Waals surface area contributed by atoms with Gasteiger partial charge in [0.25, 0.3) is 0 Å². The Kier molecular flexibility index (Phi) is 5.75. The Morgan fingerprint density at radius 3 is 2.76 bits per heavy atom. The first-order valence-electron chi connectivity index (χ1n) is 7.38. The summed E-state index contributed by atoms with van der Waals surface area (Å²) in [5, 5.41) is 3.73. The summed E-state index contributed by atoms with van der Waals surface area (Å²) in [4.78, 5) is 2.53. The maximum Gasteiger partial charge on any atom is 0.0593 e. The molecule has 1 saturated carbocycles. The average molecular weight is 240 g/mol. The number of nitrogens with zero attached hydrogens (tertiary/aromatic N) is 1. The zero-order valence-electron chi connectivity index (χ0n) is 11.3. The number of hydrogen-bond donors (Lipinski definition) is 1. The molecule has 1 aliphatic carbocycles. The van der Waals surface area contributed by atoms with Gasteiger partial charge in [0.05, 0.1) is 6.61 Å². The molecule has 1 saturated heterocycles. The maximum atomic E-state index is 5.47. The van der Waals surface area contributed by atoms with Crippen LogP contribution in [0.2, 0.25) is 0 Å². The smallest absolute Gasteiger partial charge is 0.0593 e. The summed E-state index contributed by atoms with van der Waals surface area (Å²) in [7, 11) is 0. The Morgan fingerprint density at radius 1 is 1.12 bits per heavy atom. The molecule has 0 bridgehead atoms. The van der Waals surface area contributed by atoms with Crippen molar-refractivity contribution >= 4 is 0 Å². The summed E-state index contributed by atoms with van der Waals surface area (Å²) in [5.74, 6) is 0.954. The van der Waals surface area contributed by atoms with E-state index in [-0.39, 0.29) is 0 Å². The van der Waals surface area contributed by atoms with Crippen LogP contribution in [-0.4, -0.2) is 50.3 Å². The average Bonchev–Trinajstić information content (AvgIpc) is 2.60. The monoisotopic (exact) mass is 240 g/mol. The van der Waals surface area contributed by atoms with Crippen molar-refractivity contribution in [2.24, 2.45) is 5.92 Å². The summed E-state index contributed by atoms with van der Waals surface area (Å²) >= 11 is 0. The lowest BCUT2D eigenvalue weighted by molar-refractivity contribution is 0.141. The van der Waals surface area contributed by atoms with Crippen molar-refractivity contribution < 1.29 is 4.74 Å². The molecule has 0 amide bonds. The molecule has 0 aromatic rings. The first kappa shape index (κ1) is 13.3. The molecule has 0 aromatic carbocycles. The van der Waals surface area contributed by atoms with Crippen LogP contribution in [0.15, 0.2) is 0 Å². The Morgan fingerprint density at radius 2 is 1.94 bits per heavy atom. The highest BCUT2D eigenvalue weighted by Gasteiger charge is 2.17. The highest BCUT2D eigenvalue weighted by Crippen LogP contribution is 2.23. The number of rotatable bonds is 4. The lowest BCUT2D eigenvalue weighted by Gasteiger charge is -2.28. The lowest BCUT2D eigenvalue weighted by atomic mass is 9.87. The molecular formula is C14H28N2O. The van der Waals surface area contributed by atoms with Gasteiger partial charge >= 0.3 is 0 Å². The van der Waals surface area contributed by atoms with Gasteiger partial charge in [-0.1, -0.05) is 6.92 Å². The van der Waals surface area contributed by atoms with Crippen LogP contribution in [0.4, 0.5) is 0 Å². The van der Waals surface area contributed by atoms with Gasteiger partial charge in [-0.25, -0.2) is 0 Å². The molecule has 0 spiro atoms. The molecule has 0 atom stereocenters. The molecule has 2 rings (SSSR count). The van der Waals surface area contributed by atoms with Crippen molar-refractivity contribution in [3.05, 3.63) is 0 Å². The van der Waals surface area contributed by atoms with E-state index in [1.165, 1.54) is 45.2 Å². The molecule has 3 heteroatoms. The third-order valence-corrected chi connectivity index (χ3v) is 4.19. The van der Waals surface area contributed by atoms with Crippen LogP contribution in [0, 0.1) is 5.92 Å². The number of hydrogen-bond acceptors (Lipinski definition) is 3. The van der Waals surface area contributed by atoms with Crippen LogP contribution in [-0.2, 0) is 4.74 Å². The fraction of sp³-hybridized carbons (Fsp3) is 1.00. The standard InChI is InChI=1S/C14H28N2O/c1-13-3-5-14(6-4-13)15-7-9-16-8-2-11-17-12-10-16/h13-15H,2-12H2,1H3. The minimum Gasteiger partial charge on any atom is -0.380 e. The quantitative estimate of drug-likeness (QED) is 0.812. The second-order valence-corrected chi connectivity index (χ2v) is 5.72. The van der Waals surface area contributed by atoms with Crippen molar-refractivity contribution in [2.45, 2.75) is 45.1 Å². The van der Waals surface area contributed by atoms with E-state index in [1.807, 2.05) is 0 Å². The second-order valence-electron chi connectivity index (χ2n) is 5.72. The second kappa shape index (κ2) is 7.34. The summed E-state index contributed by atoms with van der Waals surface area (Å²) < 4.78 is 5.47. The fourth-order valence-electron chi connectivity index (χ4n) is 2.91. The number of ether oxygens (including phenoxy) is 1. The molecule has 0 aromatic heterocycles. The van der Waals surface area contributed by atoms with E-state index in [1.54, 1.807) is 0 Å². The van der Waals surface area contributed by atoms with Crippen LogP contribution in [0.3, 0.4) is 0 Å². The molecule has 17 heavy (non-hydrogen) atoms. The summed E-state index contributed by atoms with van der Waals surface area (Å²) in [6.07, 6.45) is 6.78. The Bertz CT molecular complexity index is 194. The first-order valence-corrected chi connectivity index (χ1v) is 7.38. The Hall–Kier alpha value is -0.120. The van der Waals surface area contributed by atoms with Crippen molar-refractivity contribution in [1.29, 1.82) is 0 Å². The van der Waals surface area contributed by atoms with Crippen molar-refractivity contribution in [3.8, 4) is 0 Å². The van der Waals surface area contributed by atoms with Gasteiger partial charge in [0, 0.05) is 38.8 Å².